The fraction of sp³-hybridized carbons (Fsp3) is 0.562. The van der Waals surface area contributed by atoms with E-state index in [2.05, 4.69) is 23.0 Å². The number of hydrogen-bond donors (Lipinski definition) is 3. The van der Waals surface area contributed by atoms with Gasteiger partial charge in [-0.2, -0.15) is 11.8 Å². The van der Waals surface area contributed by atoms with E-state index in [-0.39, 0.29) is 18.1 Å². The van der Waals surface area contributed by atoms with E-state index in [1.54, 1.807) is 18.7 Å². The lowest BCUT2D eigenvalue weighted by Crippen LogP contribution is -2.33. The molecule has 0 fully saturated rings. The molecule has 0 unspecified atom stereocenters. The highest BCUT2D eigenvalue weighted by molar-refractivity contribution is 7.97. The summed E-state index contributed by atoms with van der Waals surface area (Å²) in [5.41, 5.74) is 3.20. The van der Waals surface area contributed by atoms with E-state index in [1.165, 1.54) is 5.56 Å². The lowest BCUT2D eigenvalue weighted by Gasteiger charge is -2.16. The molecule has 1 aromatic carbocycles. The molecule has 5 heteroatoms. The maximum absolute atomic E-state index is 11.9. The first-order chi connectivity index (χ1) is 9.93. The Morgan fingerprint density at radius 1 is 1.38 bits per heavy atom. The van der Waals surface area contributed by atoms with Crippen LogP contribution in [0.5, 0.6) is 0 Å². The Bertz CT molecular complexity index is 464. The Labute approximate surface area is 131 Å². The summed E-state index contributed by atoms with van der Waals surface area (Å²) < 4.78 is 0. The third-order valence-electron chi connectivity index (χ3n) is 3.35. The predicted molar refractivity (Wildman–Crippen MR) is 90.9 cm³/mol. The number of carbonyl (C=O) groups is 1. The summed E-state index contributed by atoms with van der Waals surface area (Å²) in [6.45, 7) is 6.35. The number of carbonyl (C=O) groups excluding carboxylic acids is 1. The number of urea groups is 1. The average molecular weight is 310 g/mol. The van der Waals surface area contributed by atoms with Crippen LogP contribution in [0, 0.1) is 12.8 Å². The number of benzene rings is 1. The standard InChI is InChI=1S/C16H26N2O2S/c1-11(8-12(2)19)9-17-16(20)18-15-7-5-6-14(10-21-4)13(15)3/h5-7,11-12,19H,8-10H2,1-4H3,(H2,17,18,20)/t11-,12+/m0/s1. The molecule has 1 aromatic rings. The van der Waals surface area contributed by atoms with Crippen LogP contribution >= 0.6 is 11.8 Å². The van der Waals surface area contributed by atoms with Crippen molar-refractivity contribution in [3.63, 3.8) is 0 Å². The SMILES string of the molecule is CSCc1cccc(NC(=O)NC[C@@H](C)C[C@@H](C)O)c1C. The zero-order valence-electron chi connectivity index (χ0n) is 13.3. The summed E-state index contributed by atoms with van der Waals surface area (Å²) >= 11 is 1.76. The maximum atomic E-state index is 11.9. The number of aliphatic hydroxyl groups is 1. The molecule has 2 amide bonds. The minimum Gasteiger partial charge on any atom is -0.393 e. The molecule has 0 aliphatic rings. The Balaban J connectivity index is 2.53. The molecule has 0 bridgehead atoms. The molecular weight excluding hydrogens is 284 g/mol. The van der Waals surface area contributed by atoms with Crippen LogP contribution in [-0.4, -0.2) is 30.0 Å². The molecule has 0 radical (unpaired) electrons. The highest BCUT2D eigenvalue weighted by atomic mass is 32.2. The lowest BCUT2D eigenvalue weighted by atomic mass is 10.1. The molecule has 21 heavy (non-hydrogen) atoms. The first kappa shape index (κ1) is 17.9. The van der Waals surface area contributed by atoms with Crippen molar-refractivity contribution in [3.05, 3.63) is 29.3 Å². The summed E-state index contributed by atoms with van der Waals surface area (Å²) in [6, 6.07) is 5.76. The largest absolute Gasteiger partial charge is 0.393 e. The van der Waals surface area contributed by atoms with Crippen LogP contribution in [0.15, 0.2) is 18.2 Å². The quantitative estimate of drug-likeness (QED) is 0.723. The van der Waals surface area contributed by atoms with Gasteiger partial charge in [0.05, 0.1) is 6.10 Å². The molecule has 0 aliphatic heterocycles. The fourth-order valence-electron chi connectivity index (χ4n) is 2.23. The molecule has 0 saturated heterocycles. The molecular formula is C16H26N2O2S. The van der Waals surface area contributed by atoms with Gasteiger partial charge in [-0.1, -0.05) is 19.1 Å². The topological polar surface area (TPSA) is 61.4 Å². The van der Waals surface area contributed by atoms with Crippen LogP contribution in [-0.2, 0) is 5.75 Å². The van der Waals surface area contributed by atoms with Gasteiger partial charge in [-0.15, -0.1) is 0 Å². The maximum Gasteiger partial charge on any atom is 0.319 e. The molecule has 1 rings (SSSR count). The Hall–Kier alpha value is -1.20. The molecule has 118 valence electrons. The number of anilines is 1. The second-order valence-electron chi connectivity index (χ2n) is 5.55. The van der Waals surface area contributed by atoms with Gasteiger partial charge in [-0.25, -0.2) is 4.79 Å². The van der Waals surface area contributed by atoms with E-state index in [0.717, 1.165) is 17.0 Å². The van der Waals surface area contributed by atoms with Gasteiger partial charge in [-0.05, 0) is 49.6 Å². The molecule has 0 aliphatic carbocycles. The Morgan fingerprint density at radius 3 is 2.71 bits per heavy atom. The normalized spacial score (nSPS) is 13.6. The summed E-state index contributed by atoms with van der Waals surface area (Å²) in [4.78, 5) is 11.9. The molecule has 2 atom stereocenters. The van der Waals surface area contributed by atoms with Crippen molar-refractivity contribution in [3.8, 4) is 0 Å². The average Bonchev–Trinajstić information content (AvgIpc) is 2.40. The molecule has 0 aromatic heterocycles. The second-order valence-corrected chi connectivity index (χ2v) is 6.41. The molecule has 3 N–H and O–H groups in total. The van der Waals surface area contributed by atoms with E-state index >= 15 is 0 Å². The zero-order valence-corrected chi connectivity index (χ0v) is 14.1. The van der Waals surface area contributed by atoms with Crippen molar-refractivity contribution in [2.75, 3.05) is 18.1 Å². The number of rotatable bonds is 7. The van der Waals surface area contributed by atoms with Crippen molar-refractivity contribution in [2.24, 2.45) is 5.92 Å². The van der Waals surface area contributed by atoms with Crippen molar-refractivity contribution in [1.29, 1.82) is 0 Å². The minimum absolute atomic E-state index is 0.197. The predicted octanol–water partition coefficient (Wildman–Crippen LogP) is 3.39. The molecule has 0 saturated carbocycles. The van der Waals surface area contributed by atoms with E-state index in [0.29, 0.717) is 13.0 Å². The van der Waals surface area contributed by atoms with E-state index in [1.807, 2.05) is 26.0 Å². The van der Waals surface area contributed by atoms with Gasteiger partial charge >= 0.3 is 6.03 Å². The highest BCUT2D eigenvalue weighted by Crippen LogP contribution is 2.21. The number of aliphatic hydroxyl groups excluding tert-OH is 1. The third kappa shape index (κ3) is 6.40. The Kier molecular flexibility index (Phi) is 7.61. The van der Waals surface area contributed by atoms with Crippen molar-refractivity contribution in [2.45, 2.75) is 39.0 Å². The van der Waals surface area contributed by atoms with Crippen molar-refractivity contribution < 1.29 is 9.90 Å². The van der Waals surface area contributed by atoms with Gasteiger partial charge in [0.2, 0.25) is 0 Å². The van der Waals surface area contributed by atoms with Crippen LogP contribution < -0.4 is 10.6 Å². The summed E-state index contributed by atoms with van der Waals surface area (Å²) in [5.74, 6) is 1.19. The van der Waals surface area contributed by atoms with Gasteiger partial charge in [0.1, 0.15) is 0 Å². The van der Waals surface area contributed by atoms with Gasteiger partial charge in [-0.3, -0.25) is 0 Å². The number of amides is 2. The monoisotopic (exact) mass is 310 g/mol. The van der Waals surface area contributed by atoms with Gasteiger partial charge in [0.15, 0.2) is 0 Å². The van der Waals surface area contributed by atoms with Crippen LogP contribution in [0.2, 0.25) is 0 Å². The van der Waals surface area contributed by atoms with Crippen molar-refractivity contribution in [1.82, 2.24) is 5.32 Å². The summed E-state index contributed by atoms with van der Waals surface area (Å²) in [7, 11) is 0. The zero-order chi connectivity index (χ0) is 15.8. The smallest absolute Gasteiger partial charge is 0.319 e. The fourth-order valence-corrected chi connectivity index (χ4v) is 2.85. The Morgan fingerprint density at radius 2 is 2.10 bits per heavy atom. The number of hydrogen-bond acceptors (Lipinski definition) is 3. The van der Waals surface area contributed by atoms with Gasteiger partial charge in [0, 0.05) is 18.0 Å². The molecule has 0 heterocycles. The van der Waals surface area contributed by atoms with E-state index < -0.39 is 0 Å². The van der Waals surface area contributed by atoms with Crippen molar-refractivity contribution >= 4 is 23.5 Å². The molecule has 0 spiro atoms. The summed E-state index contributed by atoms with van der Waals surface area (Å²) in [5, 5.41) is 15.1. The first-order valence-electron chi connectivity index (χ1n) is 7.24. The first-order valence-corrected chi connectivity index (χ1v) is 8.63. The molecule has 4 nitrogen and oxygen atoms in total. The number of thioether (sulfide) groups is 1. The van der Waals surface area contributed by atoms with Gasteiger partial charge < -0.3 is 15.7 Å². The van der Waals surface area contributed by atoms with E-state index in [4.69, 9.17) is 0 Å². The van der Waals surface area contributed by atoms with Crippen LogP contribution in [0.3, 0.4) is 0 Å². The van der Waals surface area contributed by atoms with Gasteiger partial charge in [0.25, 0.3) is 0 Å². The highest BCUT2D eigenvalue weighted by Gasteiger charge is 2.10. The summed E-state index contributed by atoms with van der Waals surface area (Å²) in [6.07, 6.45) is 2.41. The van der Waals surface area contributed by atoms with Crippen LogP contribution in [0.4, 0.5) is 10.5 Å². The van der Waals surface area contributed by atoms with E-state index in [9.17, 15) is 9.90 Å². The minimum atomic E-state index is -0.338. The number of nitrogens with one attached hydrogen (secondary N) is 2. The lowest BCUT2D eigenvalue weighted by molar-refractivity contribution is 0.163. The third-order valence-corrected chi connectivity index (χ3v) is 3.95. The van der Waals surface area contributed by atoms with Crippen LogP contribution in [0.25, 0.3) is 0 Å². The second kappa shape index (κ2) is 8.95. The van der Waals surface area contributed by atoms with Crippen LogP contribution in [0.1, 0.15) is 31.4 Å².